The number of ether oxygens (including phenoxy) is 1. The highest BCUT2D eigenvalue weighted by atomic mass is 16.5. The van der Waals surface area contributed by atoms with Crippen LogP contribution in [0.3, 0.4) is 0 Å². The number of H-pyrrole nitrogens is 1. The molecule has 0 spiro atoms. The number of hydrogen-bond donors (Lipinski definition) is 1. The van der Waals surface area contributed by atoms with Crippen molar-refractivity contribution < 1.29 is 14.3 Å². The van der Waals surface area contributed by atoms with Gasteiger partial charge in [-0.05, 0) is 26.2 Å². The maximum atomic E-state index is 12.2. The molecule has 98 valence electrons. The molecule has 1 aromatic heterocycles. The molecule has 7 nitrogen and oxygen atoms in total. The van der Waals surface area contributed by atoms with Gasteiger partial charge in [0.15, 0.2) is 0 Å². The molecule has 1 saturated heterocycles. The van der Waals surface area contributed by atoms with E-state index in [2.05, 4.69) is 15.2 Å². The molecule has 0 aromatic carbocycles. The molecule has 2 rings (SSSR count). The first-order chi connectivity index (χ1) is 8.74. The maximum absolute atomic E-state index is 12.2. The number of carbonyl (C=O) groups is 2. The topological polar surface area (TPSA) is 88.2 Å². The summed E-state index contributed by atoms with van der Waals surface area (Å²) in [5.74, 6) is -0.485. The van der Waals surface area contributed by atoms with E-state index in [1.54, 1.807) is 6.92 Å². The van der Waals surface area contributed by atoms with E-state index >= 15 is 0 Å². The number of hydrogen-bond acceptors (Lipinski definition) is 5. The third-order valence-electron chi connectivity index (χ3n) is 2.94. The Hall–Kier alpha value is -1.92. The van der Waals surface area contributed by atoms with E-state index in [1.807, 2.05) is 0 Å². The first kappa shape index (κ1) is 12.5. The molecule has 2 heterocycles. The fraction of sp³-hybridized carbons (Fsp3) is 0.636. The number of aromatic nitrogens is 3. The van der Waals surface area contributed by atoms with Gasteiger partial charge in [0.1, 0.15) is 12.4 Å². The van der Waals surface area contributed by atoms with E-state index in [9.17, 15) is 9.59 Å². The van der Waals surface area contributed by atoms with Crippen LogP contribution in [0.1, 0.15) is 36.8 Å². The molecule has 7 heteroatoms. The van der Waals surface area contributed by atoms with Crippen LogP contribution in [-0.4, -0.2) is 51.2 Å². The Labute approximate surface area is 105 Å². The predicted molar refractivity (Wildman–Crippen MR) is 61.7 cm³/mol. The van der Waals surface area contributed by atoms with Crippen LogP contribution in [-0.2, 0) is 9.53 Å². The molecule has 1 unspecified atom stereocenters. The van der Waals surface area contributed by atoms with E-state index in [-0.39, 0.29) is 17.7 Å². The molecule has 0 aliphatic carbocycles. The van der Waals surface area contributed by atoms with Gasteiger partial charge >= 0.3 is 5.97 Å². The summed E-state index contributed by atoms with van der Waals surface area (Å²) in [7, 11) is 0. The molecule has 1 N–H and O–H groups in total. The lowest BCUT2D eigenvalue weighted by Gasteiger charge is -2.33. The summed E-state index contributed by atoms with van der Waals surface area (Å²) < 4.78 is 5.00. The standard InChI is InChI=1S/C11H16N4O3/c1-2-18-11(17)8-5-3-4-6-15(8)10(16)9-12-7-13-14-9/h7-8H,2-6H2,1H3,(H,12,13,14). The molecule has 1 aromatic rings. The second-order valence-electron chi connectivity index (χ2n) is 4.10. The van der Waals surface area contributed by atoms with E-state index in [0.717, 1.165) is 12.8 Å². The van der Waals surface area contributed by atoms with Gasteiger partial charge in [0.05, 0.1) is 6.61 Å². The molecule has 0 bridgehead atoms. The highest BCUT2D eigenvalue weighted by molar-refractivity contribution is 5.93. The number of carbonyl (C=O) groups excluding carboxylic acids is 2. The largest absolute Gasteiger partial charge is 0.464 e. The maximum Gasteiger partial charge on any atom is 0.328 e. The highest BCUT2D eigenvalue weighted by Gasteiger charge is 2.34. The van der Waals surface area contributed by atoms with Gasteiger partial charge < -0.3 is 9.64 Å². The Morgan fingerprint density at radius 3 is 3.06 bits per heavy atom. The van der Waals surface area contributed by atoms with E-state index < -0.39 is 6.04 Å². The van der Waals surface area contributed by atoms with Crippen molar-refractivity contribution in [3.05, 3.63) is 12.2 Å². The van der Waals surface area contributed by atoms with Crippen LogP contribution in [0.5, 0.6) is 0 Å². The van der Waals surface area contributed by atoms with E-state index in [4.69, 9.17) is 4.74 Å². The molecule has 1 atom stereocenters. The average molecular weight is 252 g/mol. The van der Waals surface area contributed by atoms with Crippen molar-refractivity contribution in [1.82, 2.24) is 20.1 Å². The van der Waals surface area contributed by atoms with Crippen LogP contribution in [0, 0.1) is 0 Å². The van der Waals surface area contributed by atoms with Crippen molar-refractivity contribution in [2.45, 2.75) is 32.2 Å². The van der Waals surface area contributed by atoms with Crippen molar-refractivity contribution in [3.63, 3.8) is 0 Å². The third kappa shape index (κ3) is 2.49. The van der Waals surface area contributed by atoms with Crippen LogP contribution in [0.2, 0.25) is 0 Å². The van der Waals surface area contributed by atoms with Gasteiger partial charge in [0.2, 0.25) is 5.82 Å². The van der Waals surface area contributed by atoms with Gasteiger partial charge in [-0.25, -0.2) is 9.78 Å². The lowest BCUT2D eigenvalue weighted by molar-refractivity contribution is -0.149. The predicted octanol–water partition coefficient (Wildman–Crippen LogP) is 0.362. The minimum Gasteiger partial charge on any atom is -0.464 e. The van der Waals surface area contributed by atoms with E-state index in [1.165, 1.54) is 11.2 Å². The molecular weight excluding hydrogens is 236 g/mol. The highest BCUT2D eigenvalue weighted by Crippen LogP contribution is 2.19. The first-order valence-electron chi connectivity index (χ1n) is 6.07. The number of aromatic amines is 1. The fourth-order valence-corrected chi connectivity index (χ4v) is 2.10. The smallest absolute Gasteiger partial charge is 0.328 e. The zero-order valence-electron chi connectivity index (χ0n) is 10.3. The number of rotatable bonds is 3. The zero-order chi connectivity index (χ0) is 13.0. The molecule has 1 amide bonds. The Balaban J connectivity index is 2.12. The number of amides is 1. The van der Waals surface area contributed by atoms with Crippen molar-refractivity contribution in [2.75, 3.05) is 13.2 Å². The van der Waals surface area contributed by atoms with Crippen LogP contribution in [0.25, 0.3) is 0 Å². The number of nitrogens with one attached hydrogen (secondary N) is 1. The first-order valence-corrected chi connectivity index (χ1v) is 6.07. The Bertz CT molecular complexity index is 418. The second kappa shape index (κ2) is 5.61. The van der Waals surface area contributed by atoms with Crippen LogP contribution in [0.15, 0.2) is 6.33 Å². The minimum absolute atomic E-state index is 0.159. The van der Waals surface area contributed by atoms with Crippen molar-refractivity contribution in [3.8, 4) is 0 Å². The minimum atomic E-state index is -0.503. The molecule has 1 aliphatic heterocycles. The van der Waals surface area contributed by atoms with Gasteiger partial charge in [-0.15, -0.1) is 0 Å². The van der Waals surface area contributed by atoms with Crippen LogP contribution >= 0.6 is 0 Å². The van der Waals surface area contributed by atoms with Crippen molar-refractivity contribution in [1.29, 1.82) is 0 Å². The molecule has 0 saturated carbocycles. The summed E-state index contributed by atoms with van der Waals surface area (Å²) in [6.45, 7) is 2.62. The quantitative estimate of drug-likeness (QED) is 0.785. The number of piperidine rings is 1. The fourth-order valence-electron chi connectivity index (χ4n) is 2.10. The summed E-state index contributed by atoms with van der Waals surface area (Å²) in [5, 5.41) is 6.17. The summed E-state index contributed by atoms with van der Waals surface area (Å²) in [5.41, 5.74) is 0. The Morgan fingerprint density at radius 2 is 2.39 bits per heavy atom. The van der Waals surface area contributed by atoms with E-state index in [0.29, 0.717) is 19.6 Å². The zero-order valence-corrected chi connectivity index (χ0v) is 10.3. The lowest BCUT2D eigenvalue weighted by Crippen LogP contribution is -2.49. The number of esters is 1. The van der Waals surface area contributed by atoms with Crippen LogP contribution < -0.4 is 0 Å². The van der Waals surface area contributed by atoms with Gasteiger partial charge in [0, 0.05) is 6.54 Å². The summed E-state index contributed by atoms with van der Waals surface area (Å²) in [6.07, 6.45) is 3.72. The number of likely N-dealkylation sites (tertiary alicyclic amines) is 1. The summed E-state index contributed by atoms with van der Waals surface area (Å²) >= 11 is 0. The van der Waals surface area contributed by atoms with Gasteiger partial charge in [-0.1, -0.05) is 0 Å². The van der Waals surface area contributed by atoms with Gasteiger partial charge in [-0.2, -0.15) is 5.10 Å². The molecule has 0 radical (unpaired) electrons. The molecule has 1 fully saturated rings. The number of nitrogens with zero attached hydrogens (tertiary/aromatic N) is 3. The SMILES string of the molecule is CCOC(=O)C1CCCCN1C(=O)c1ncn[nH]1. The van der Waals surface area contributed by atoms with Gasteiger partial charge in [0.25, 0.3) is 5.91 Å². The Kier molecular flexibility index (Phi) is 3.91. The van der Waals surface area contributed by atoms with Crippen molar-refractivity contribution >= 4 is 11.9 Å². The molecule has 1 aliphatic rings. The molecular formula is C11H16N4O3. The summed E-state index contributed by atoms with van der Waals surface area (Å²) in [6, 6.07) is -0.503. The molecule has 18 heavy (non-hydrogen) atoms. The normalized spacial score (nSPS) is 19.6. The average Bonchev–Trinajstić information content (AvgIpc) is 2.92. The van der Waals surface area contributed by atoms with Gasteiger partial charge in [-0.3, -0.25) is 9.89 Å². The van der Waals surface area contributed by atoms with Crippen molar-refractivity contribution in [2.24, 2.45) is 0 Å². The Morgan fingerprint density at radius 1 is 1.56 bits per heavy atom. The summed E-state index contributed by atoms with van der Waals surface area (Å²) in [4.78, 5) is 29.3. The lowest BCUT2D eigenvalue weighted by atomic mass is 10.0. The third-order valence-corrected chi connectivity index (χ3v) is 2.94. The van der Waals surface area contributed by atoms with Crippen LogP contribution in [0.4, 0.5) is 0 Å². The second-order valence-corrected chi connectivity index (χ2v) is 4.10. The monoisotopic (exact) mass is 252 g/mol.